The third kappa shape index (κ3) is 1.27. The third-order valence-electron chi connectivity index (χ3n) is 1.32. The fourth-order valence-electron chi connectivity index (χ4n) is 0.682. The molecule has 0 aliphatic rings. The van der Waals surface area contributed by atoms with Gasteiger partial charge < -0.3 is 11.5 Å². The highest BCUT2D eigenvalue weighted by Crippen LogP contribution is 2.26. The number of alkyl halides is 2. The van der Waals surface area contributed by atoms with E-state index in [-0.39, 0.29) is 5.69 Å². The summed E-state index contributed by atoms with van der Waals surface area (Å²) in [6, 6.07) is 0. The van der Waals surface area contributed by atoms with Crippen LogP contribution in [0, 0.1) is 5.82 Å². The first-order valence-corrected chi connectivity index (χ1v) is 3.01. The molecule has 0 saturated heterocycles. The van der Waals surface area contributed by atoms with E-state index in [0.29, 0.717) is 0 Å². The highest BCUT2D eigenvalue weighted by atomic mass is 19.3. The minimum absolute atomic E-state index is 0.142. The van der Waals surface area contributed by atoms with Crippen LogP contribution in [0.25, 0.3) is 0 Å². The van der Waals surface area contributed by atoms with Crippen molar-refractivity contribution < 1.29 is 13.2 Å². The highest BCUT2D eigenvalue weighted by molar-refractivity contribution is 5.62. The van der Waals surface area contributed by atoms with Crippen LogP contribution in [0.4, 0.5) is 24.5 Å². The first-order chi connectivity index (χ1) is 5.54. The molecule has 1 aromatic heterocycles. The summed E-state index contributed by atoms with van der Waals surface area (Å²) in [4.78, 5) is 3.11. The lowest BCUT2D eigenvalue weighted by molar-refractivity contribution is 0.141. The molecule has 0 atom stereocenters. The van der Waals surface area contributed by atoms with Crippen LogP contribution in [0.2, 0.25) is 0 Å². The van der Waals surface area contributed by atoms with Gasteiger partial charge in [-0.1, -0.05) is 0 Å². The smallest absolute Gasteiger partial charge is 0.283 e. The average Bonchev–Trinajstić information content (AvgIpc) is 2.00. The molecular formula is C6H6F3N3. The van der Waals surface area contributed by atoms with Gasteiger partial charge in [0.15, 0.2) is 5.82 Å². The number of halogens is 3. The Hall–Kier alpha value is -1.46. The maximum atomic E-state index is 12.8. The SMILES string of the molecule is Nc1cnc(C(F)F)c(F)c1N. The minimum Gasteiger partial charge on any atom is -0.396 e. The monoisotopic (exact) mass is 177 g/mol. The number of aromatic nitrogens is 1. The van der Waals surface area contributed by atoms with Gasteiger partial charge in [0.05, 0.1) is 17.6 Å². The molecule has 0 bridgehead atoms. The molecule has 0 radical (unpaired) electrons. The third-order valence-corrected chi connectivity index (χ3v) is 1.32. The minimum atomic E-state index is -2.98. The first kappa shape index (κ1) is 8.63. The van der Waals surface area contributed by atoms with Crippen LogP contribution in [0.1, 0.15) is 12.1 Å². The Balaban J connectivity index is 3.27. The van der Waals surface area contributed by atoms with Crippen molar-refractivity contribution in [3.05, 3.63) is 17.7 Å². The molecule has 1 aromatic rings. The van der Waals surface area contributed by atoms with E-state index >= 15 is 0 Å². The number of hydrogen-bond donors (Lipinski definition) is 2. The Bertz CT molecular complexity index is 300. The lowest BCUT2D eigenvalue weighted by Crippen LogP contribution is -2.04. The van der Waals surface area contributed by atoms with Gasteiger partial charge in [0.1, 0.15) is 5.69 Å². The van der Waals surface area contributed by atoms with Gasteiger partial charge in [0.2, 0.25) is 0 Å². The molecule has 0 spiro atoms. The topological polar surface area (TPSA) is 64.9 Å². The van der Waals surface area contributed by atoms with Gasteiger partial charge in [0, 0.05) is 0 Å². The molecule has 0 unspecified atom stereocenters. The number of pyridine rings is 1. The predicted octanol–water partition coefficient (Wildman–Crippen LogP) is 1.32. The van der Waals surface area contributed by atoms with E-state index < -0.39 is 23.6 Å². The maximum absolute atomic E-state index is 12.8. The Morgan fingerprint density at radius 1 is 1.33 bits per heavy atom. The summed E-state index contributed by atoms with van der Waals surface area (Å²) in [7, 11) is 0. The van der Waals surface area contributed by atoms with Crippen molar-refractivity contribution >= 4 is 11.4 Å². The van der Waals surface area contributed by atoms with Crippen molar-refractivity contribution in [2.75, 3.05) is 11.5 Å². The fraction of sp³-hybridized carbons (Fsp3) is 0.167. The van der Waals surface area contributed by atoms with E-state index in [9.17, 15) is 13.2 Å². The van der Waals surface area contributed by atoms with Crippen molar-refractivity contribution in [3.63, 3.8) is 0 Å². The van der Waals surface area contributed by atoms with Crippen LogP contribution >= 0.6 is 0 Å². The lowest BCUT2D eigenvalue weighted by atomic mass is 10.3. The molecule has 66 valence electrons. The summed E-state index contributed by atoms with van der Waals surface area (Å²) in [6.45, 7) is 0. The second-order valence-corrected chi connectivity index (χ2v) is 2.13. The molecule has 4 N–H and O–H groups in total. The van der Waals surface area contributed by atoms with Gasteiger partial charge in [0.25, 0.3) is 6.43 Å². The summed E-state index contributed by atoms with van der Waals surface area (Å²) in [6.07, 6.45) is -2.08. The number of nitrogens with two attached hydrogens (primary N) is 2. The van der Waals surface area contributed by atoms with E-state index in [1.807, 2.05) is 0 Å². The van der Waals surface area contributed by atoms with E-state index in [0.717, 1.165) is 6.20 Å². The molecule has 0 amide bonds. The second-order valence-electron chi connectivity index (χ2n) is 2.13. The van der Waals surface area contributed by atoms with Crippen LogP contribution in [0.15, 0.2) is 6.20 Å². The summed E-state index contributed by atoms with van der Waals surface area (Å²) >= 11 is 0. The molecule has 0 fully saturated rings. The molecule has 0 aromatic carbocycles. The largest absolute Gasteiger partial charge is 0.396 e. The zero-order valence-corrected chi connectivity index (χ0v) is 5.89. The van der Waals surface area contributed by atoms with E-state index in [1.165, 1.54) is 0 Å². The Kier molecular flexibility index (Phi) is 2.07. The van der Waals surface area contributed by atoms with Crippen molar-refractivity contribution in [1.82, 2.24) is 4.98 Å². The number of hydrogen-bond acceptors (Lipinski definition) is 3. The molecule has 1 rings (SSSR count). The van der Waals surface area contributed by atoms with Crippen molar-refractivity contribution in [2.45, 2.75) is 6.43 Å². The van der Waals surface area contributed by atoms with Gasteiger partial charge in [-0.05, 0) is 0 Å². The van der Waals surface area contributed by atoms with Crippen LogP contribution in [-0.4, -0.2) is 4.98 Å². The number of rotatable bonds is 1. The summed E-state index contributed by atoms with van der Waals surface area (Å²) in [5.41, 5.74) is 8.57. The highest BCUT2D eigenvalue weighted by Gasteiger charge is 2.18. The van der Waals surface area contributed by atoms with Crippen molar-refractivity contribution in [3.8, 4) is 0 Å². The summed E-state index contributed by atoms with van der Waals surface area (Å²) < 4.78 is 36.6. The number of anilines is 2. The molecule has 6 heteroatoms. The van der Waals surface area contributed by atoms with Gasteiger partial charge in [-0.15, -0.1) is 0 Å². The maximum Gasteiger partial charge on any atom is 0.283 e. The van der Waals surface area contributed by atoms with Crippen LogP contribution in [0.3, 0.4) is 0 Å². The fourth-order valence-corrected chi connectivity index (χ4v) is 0.682. The number of nitrogen functional groups attached to an aromatic ring is 2. The quantitative estimate of drug-likeness (QED) is 0.679. The standard InChI is InChI=1S/C6H6F3N3/c7-3-4(11)2(10)1-12-5(3)6(8)9/h1,6H,10H2,(H2,11,12). The van der Waals surface area contributed by atoms with Crippen LogP contribution in [-0.2, 0) is 0 Å². The van der Waals surface area contributed by atoms with E-state index in [4.69, 9.17) is 11.5 Å². The molecule has 12 heavy (non-hydrogen) atoms. The average molecular weight is 177 g/mol. The van der Waals surface area contributed by atoms with Crippen molar-refractivity contribution in [2.24, 2.45) is 0 Å². The lowest BCUT2D eigenvalue weighted by Gasteiger charge is -2.04. The number of nitrogens with zero attached hydrogens (tertiary/aromatic N) is 1. The van der Waals surface area contributed by atoms with E-state index in [2.05, 4.69) is 4.98 Å². The van der Waals surface area contributed by atoms with Crippen LogP contribution in [0.5, 0.6) is 0 Å². The Morgan fingerprint density at radius 2 is 1.92 bits per heavy atom. The zero-order chi connectivity index (χ0) is 9.30. The zero-order valence-electron chi connectivity index (χ0n) is 5.89. The van der Waals surface area contributed by atoms with Gasteiger partial charge >= 0.3 is 0 Å². The molecule has 0 aliphatic carbocycles. The van der Waals surface area contributed by atoms with Gasteiger partial charge in [-0.3, -0.25) is 0 Å². The normalized spacial score (nSPS) is 10.7. The summed E-state index contributed by atoms with van der Waals surface area (Å²) in [5, 5.41) is 0. The summed E-state index contributed by atoms with van der Waals surface area (Å²) in [5.74, 6) is -1.25. The molecule has 0 aliphatic heterocycles. The van der Waals surface area contributed by atoms with Gasteiger partial charge in [-0.2, -0.15) is 0 Å². The molecule has 1 heterocycles. The molecule has 3 nitrogen and oxygen atoms in total. The Morgan fingerprint density at radius 3 is 2.42 bits per heavy atom. The van der Waals surface area contributed by atoms with Crippen molar-refractivity contribution in [1.29, 1.82) is 0 Å². The van der Waals surface area contributed by atoms with Gasteiger partial charge in [-0.25, -0.2) is 18.2 Å². The van der Waals surface area contributed by atoms with Crippen LogP contribution < -0.4 is 11.5 Å². The second kappa shape index (κ2) is 2.88. The molecular weight excluding hydrogens is 171 g/mol. The molecule has 0 saturated carbocycles. The Labute approximate surface area is 66.2 Å². The predicted molar refractivity (Wildman–Crippen MR) is 38.0 cm³/mol. The first-order valence-electron chi connectivity index (χ1n) is 3.01. The van der Waals surface area contributed by atoms with E-state index in [1.54, 1.807) is 0 Å².